The molecule has 0 spiro atoms. The first-order valence-electron chi connectivity index (χ1n) is 5.22. The molecule has 0 unspecified atom stereocenters. The zero-order valence-corrected chi connectivity index (χ0v) is 9.95. The molecule has 0 saturated heterocycles. The van der Waals surface area contributed by atoms with E-state index in [1.807, 2.05) is 30.3 Å². The van der Waals surface area contributed by atoms with Gasteiger partial charge in [0.1, 0.15) is 6.33 Å². The van der Waals surface area contributed by atoms with Gasteiger partial charge in [-0.1, -0.05) is 17.3 Å². The fourth-order valence-corrected chi connectivity index (χ4v) is 1.72. The van der Waals surface area contributed by atoms with E-state index < -0.39 is 0 Å². The van der Waals surface area contributed by atoms with Crippen LogP contribution in [0.4, 0.5) is 0 Å². The van der Waals surface area contributed by atoms with Crippen LogP contribution in [0.5, 0.6) is 0 Å². The fourth-order valence-electron chi connectivity index (χ4n) is 1.59. The van der Waals surface area contributed by atoms with E-state index in [1.165, 1.54) is 6.33 Å². The van der Waals surface area contributed by atoms with Crippen molar-refractivity contribution in [3.05, 3.63) is 42.4 Å². The summed E-state index contributed by atoms with van der Waals surface area (Å²) in [6.45, 7) is 0. The minimum Gasteiger partial charge on any atom is -0.356 e. The minimum absolute atomic E-state index is 0.330. The lowest BCUT2D eigenvalue weighted by atomic mass is 10.1. The topological polar surface area (TPSA) is 69.6 Å². The molecule has 2 heterocycles. The van der Waals surface area contributed by atoms with Crippen LogP contribution in [0.15, 0.2) is 41.2 Å². The normalized spacial score (nSPS) is 10.7. The van der Waals surface area contributed by atoms with Crippen molar-refractivity contribution in [2.45, 2.75) is 5.88 Å². The number of nitrogens with zero attached hydrogens (tertiary/aromatic N) is 5. The molecule has 0 radical (unpaired) electrons. The van der Waals surface area contributed by atoms with Crippen LogP contribution in [0.3, 0.4) is 0 Å². The quantitative estimate of drug-likeness (QED) is 0.675. The highest BCUT2D eigenvalue weighted by Gasteiger charge is 2.07. The predicted molar refractivity (Wildman–Crippen MR) is 64.2 cm³/mol. The number of tetrazole rings is 1. The third-order valence-electron chi connectivity index (χ3n) is 2.44. The summed E-state index contributed by atoms with van der Waals surface area (Å²) in [5.41, 5.74) is 2.45. The summed E-state index contributed by atoms with van der Waals surface area (Å²) in [6.07, 6.45) is 1.53. The summed E-state index contributed by atoms with van der Waals surface area (Å²) in [7, 11) is 0. The Morgan fingerprint density at radius 2 is 2.22 bits per heavy atom. The van der Waals surface area contributed by atoms with Gasteiger partial charge >= 0.3 is 0 Å². The second-order valence-corrected chi connectivity index (χ2v) is 3.89. The summed E-state index contributed by atoms with van der Waals surface area (Å²) in [4.78, 5) is 0. The Morgan fingerprint density at radius 1 is 1.28 bits per heavy atom. The van der Waals surface area contributed by atoms with E-state index >= 15 is 0 Å². The van der Waals surface area contributed by atoms with Gasteiger partial charge in [0.05, 0.1) is 17.3 Å². The zero-order chi connectivity index (χ0) is 12.4. The lowest BCUT2D eigenvalue weighted by Crippen LogP contribution is -1.94. The van der Waals surface area contributed by atoms with Crippen molar-refractivity contribution in [2.24, 2.45) is 0 Å². The lowest BCUT2D eigenvalue weighted by Gasteiger charge is -2.00. The molecule has 0 aliphatic rings. The maximum atomic E-state index is 5.69. The van der Waals surface area contributed by atoms with Crippen molar-refractivity contribution < 1.29 is 4.52 Å². The van der Waals surface area contributed by atoms with Crippen LogP contribution < -0.4 is 0 Å². The van der Waals surface area contributed by atoms with Gasteiger partial charge in [-0.2, -0.15) is 0 Å². The van der Waals surface area contributed by atoms with Gasteiger partial charge in [0.2, 0.25) is 0 Å². The first-order valence-corrected chi connectivity index (χ1v) is 5.75. The second-order valence-electron chi connectivity index (χ2n) is 3.62. The van der Waals surface area contributed by atoms with Gasteiger partial charge in [-0.15, -0.1) is 16.7 Å². The highest BCUT2D eigenvalue weighted by molar-refractivity contribution is 6.16. The Balaban J connectivity index is 2.00. The first-order chi connectivity index (χ1) is 8.86. The zero-order valence-electron chi connectivity index (χ0n) is 9.19. The monoisotopic (exact) mass is 261 g/mol. The lowest BCUT2D eigenvalue weighted by molar-refractivity contribution is 0.426. The van der Waals surface area contributed by atoms with Crippen molar-refractivity contribution in [1.29, 1.82) is 0 Å². The molecule has 0 aliphatic heterocycles. The Bertz CT molecular complexity index is 649. The molecule has 0 N–H and O–H groups in total. The van der Waals surface area contributed by atoms with Gasteiger partial charge < -0.3 is 4.52 Å². The summed E-state index contributed by atoms with van der Waals surface area (Å²) < 4.78 is 6.79. The van der Waals surface area contributed by atoms with Crippen LogP contribution >= 0.6 is 11.6 Å². The highest BCUT2D eigenvalue weighted by Crippen LogP contribution is 2.23. The van der Waals surface area contributed by atoms with Crippen molar-refractivity contribution in [1.82, 2.24) is 25.4 Å². The number of benzene rings is 1. The predicted octanol–water partition coefficient (Wildman–Crippen LogP) is 2.06. The summed E-state index contributed by atoms with van der Waals surface area (Å²) in [5.74, 6) is 0.997. The first kappa shape index (κ1) is 10.9. The number of rotatable bonds is 3. The molecule has 90 valence electrons. The highest BCUT2D eigenvalue weighted by atomic mass is 35.5. The number of halogens is 1. The molecule has 7 heteroatoms. The summed E-state index contributed by atoms with van der Waals surface area (Å²) >= 11 is 5.69. The molecule has 0 atom stereocenters. The molecule has 0 fully saturated rings. The van der Waals surface area contributed by atoms with Crippen LogP contribution in [0.2, 0.25) is 0 Å². The average molecular weight is 262 g/mol. The minimum atomic E-state index is 0.330. The Morgan fingerprint density at radius 3 is 2.94 bits per heavy atom. The van der Waals surface area contributed by atoms with Crippen LogP contribution in [0, 0.1) is 0 Å². The van der Waals surface area contributed by atoms with Crippen LogP contribution in [-0.4, -0.2) is 25.4 Å². The molecule has 1 aromatic carbocycles. The van der Waals surface area contributed by atoms with Crippen molar-refractivity contribution >= 4 is 11.6 Å². The van der Waals surface area contributed by atoms with Gasteiger partial charge in [-0.05, 0) is 22.6 Å². The molecular formula is C11H8ClN5O. The third kappa shape index (κ3) is 1.98. The van der Waals surface area contributed by atoms with Gasteiger partial charge in [-0.25, -0.2) is 4.68 Å². The molecule has 18 heavy (non-hydrogen) atoms. The standard InChI is InChI=1S/C11H8ClN5O/c12-6-9-5-11(18-14-9)8-2-1-3-10(4-8)17-7-13-15-16-17/h1-5,7H,6H2. The van der Waals surface area contributed by atoms with E-state index in [0.717, 1.165) is 11.3 Å². The summed E-state index contributed by atoms with van der Waals surface area (Å²) in [5, 5.41) is 14.9. The second kappa shape index (κ2) is 4.58. The Labute approximate surface area is 107 Å². The Kier molecular flexibility index (Phi) is 2.77. The maximum absolute atomic E-state index is 5.69. The molecule has 6 nitrogen and oxygen atoms in total. The van der Waals surface area contributed by atoms with Gasteiger partial charge in [0.15, 0.2) is 5.76 Å². The van der Waals surface area contributed by atoms with E-state index in [-0.39, 0.29) is 0 Å². The number of hydrogen-bond acceptors (Lipinski definition) is 5. The number of hydrogen-bond donors (Lipinski definition) is 0. The SMILES string of the molecule is ClCc1cc(-c2cccc(-n3cnnn3)c2)on1. The molecular weight excluding hydrogens is 254 g/mol. The van der Waals surface area contributed by atoms with E-state index in [1.54, 1.807) is 4.68 Å². The molecule has 0 bridgehead atoms. The molecule has 0 aliphatic carbocycles. The van der Waals surface area contributed by atoms with Crippen LogP contribution in [-0.2, 0) is 5.88 Å². The molecule has 2 aromatic heterocycles. The van der Waals surface area contributed by atoms with Crippen molar-refractivity contribution in [3.63, 3.8) is 0 Å². The summed E-state index contributed by atoms with van der Waals surface area (Å²) in [6, 6.07) is 9.45. The number of alkyl halides is 1. The number of aromatic nitrogens is 5. The van der Waals surface area contributed by atoms with E-state index in [0.29, 0.717) is 17.3 Å². The van der Waals surface area contributed by atoms with E-state index in [2.05, 4.69) is 20.7 Å². The molecule has 3 aromatic rings. The van der Waals surface area contributed by atoms with Gasteiger partial charge in [-0.3, -0.25) is 0 Å². The fraction of sp³-hybridized carbons (Fsp3) is 0.0909. The third-order valence-corrected chi connectivity index (χ3v) is 2.71. The van der Waals surface area contributed by atoms with Crippen molar-refractivity contribution in [3.8, 4) is 17.0 Å². The molecule has 0 amide bonds. The van der Waals surface area contributed by atoms with E-state index in [4.69, 9.17) is 16.1 Å². The van der Waals surface area contributed by atoms with Crippen LogP contribution in [0.1, 0.15) is 5.69 Å². The van der Waals surface area contributed by atoms with Gasteiger partial charge in [0.25, 0.3) is 0 Å². The molecule has 3 rings (SSSR count). The maximum Gasteiger partial charge on any atom is 0.167 e. The smallest absolute Gasteiger partial charge is 0.167 e. The van der Waals surface area contributed by atoms with Crippen molar-refractivity contribution in [2.75, 3.05) is 0 Å². The average Bonchev–Trinajstić information content (AvgIpc) is 3.10. The van der Waals surface area contributed by atoms with Crippen LogP contribution in [0.25, 0.3) is 17.0 Å². The van der Waals surface area contributed by atoms with E-state index in [9.17, 15) is 0 Å². The van der Waals surface area contributed by atoms with Gasteiger partial charge in [0, 0.05) is 11.6 Å². The molecule has 0 saturated carbocycles. The largest absolute Gasteiger partial charge is 0.356 e. The Hall–Kier alpha value is -2.21.